The number of nitrogens with one attached hydrogen (secondary N) is 1. The summed E-state index contributed by atoms with van der Waals surface area (Å²) >= 11 is 0. The summed E-state index contributed by atoms with van der Waals surface area (Å²) < 4.78 is 4.96. The van der Waals surface area contributed by atoms with E-state index in [-0.39, 0.29) is 12.5 Å². The van der Waals surface area contributed by atoms with Crippen LogP contribution in [0.5, 0.6) is 0 Å². The Kier molecular flexibility index (Phi) is 3.53. The van der Waals surface area contributed by atoms with Crippen molar-refractivity contribution < 1.29 is 9.53 Å². The topological polar surface area (TPSA) is 38.3 Å². The van der Waals surface area contributed by atoms with Crippen LogP contribution in [0.4, 0.5) is 0 Å². The molecule has 0 aromatic heterocycles. The Morgan fingerprint density at radius 1 is 1.67 bits per heavy atom. The van der Waals surface area contributed by atoms with Gasteiger partial charge in [-0.2, -0.15) is 0 Å². The summed E-state index contributed by atoms with van der Waals surface area (Å²) in [6.07, 6.45) is 1.26. The first-order chi connectivity index (χ1) is 5.74. The van der Waals surface area contributed by atoms with Gasteiger partial charge in [0.15, 0.2) is 0 Å². The highest BCUT2D eigenvalue weighted by molar-refractivity contribution is 5.77. The van der Waals surface area contributed by atoms with Gasteiger partial charge >= 0.3 is 0 Å². The van der Waals surface area contributed by atoms with Gasteiger partial charge in [-0.3, -0.25) is 4.79 Å². The highest BCUT2D eigenvalue weighted by atomic mass is 16.5. The van der Waals surface area contributed by atoms with Crippen LogP contribution < -0.4 is 5.32 Å². The van der Waals surface area contributed by atoms with E-state index in [1.807, 2.05) is 6.92 Å². The van der Waals surface area contributed by atoms with Crippen molar-refractivity contribution >= 4 is 5.91 Å². The summed E-state index contributed by atoms with van der Waals surface area (Å²) in [7, 11) is 0. The largest absolute Gasteiger partial charge is 0.372 e. The molecule has 0 aromatic rings. The van der Waals surface area contributed by atoms with Crippen molar-refractivity contribution in [2.24, 2.45) is 11.8 Å². The molecule has 3 nitrogen and oxygen atoms in total. The third-order valence-corrected chi connectivity index (χ3v) is 2.27. The third-order valence-electron chi connectivity index (χ3n) is 2.27. The molecular weight excluding hydrogens is 154 g/mol. The number of hydrogen-bond donors (Lipinski definition) is 1. The second-order valence-electron chi connectivity index (χ2n) is 3.41. The first-order valence-corrected chi connectivity index (χ1v) is 4.58. The van der Waals surface area contributed by atoms with Crippen LogP contribution in [0.15, 0.2) is 0 Å². The zero-order chi connectivity index (χ0) is 8.97. The van der Waals surface area contributed by atoms with Crippen molar-refractivity contribution in [3.05, 3.63) is 0 Å². The molecule has 0 saturated heterocycles. The molecule has 2 unspecified atom stereocenters. The second-order valence-corrected chi connectivity index (χ2v) is 3.41. The van der Waals surface area contributed by atoms with Crippen molar-refractivity contribution in [1.82, 2.24) is 5.32 Å². The van der Waals surface area contributed by atoms with Crippen LogP contribution >= 0.6 is 0 Å². The number of carbonyl (C=O) groups excluding carboxylic acids is 1. The molecular formula is C9H17NO2. The van der Waals surface area contributed by atoms with Gasteiger partial charge in [-0.15, -0.1) is 0 Å². The van der Waals surface area contributed by atoms with Crippen molar-refractivity contribution in [1.29, 1.82) is 0 Å². The van der Waals surface area contributed by atoms with Gasteiger partial charge in [-0.1, -0.05) is 6.92 Å². The lowest BCUT2D eigenvalue weighted by atomic mass is 10.3. The normalized spacial score (nSPS) is 26.8. The Bertz CT molecular complexity index is 159. The van der Waals surface area contributed by atoms with Crippen molar-refractivity contribution in [2.45, 2.75) is 20.3 Å². The van der Waals surface area contributed by atoms with E-state index >= 15 is 0 Å². The molecule has 0 aromatic carbocycles. The fraction of sp³-hybridized carbons (Fsp3) is 0.889. The lowest BCUT2D eigenvalue weighted by Gasteiger charge is -2.03. The maximum Gasteiger partial charge on any atom is 0.246 e. The van der Waals surface area contributed by atoms with E-state index in [1.54, 1.807) is 0 Å². The highest BCUT2D eigenvalue weighted by Crippen LogP contribution is 2.36. The molecule has 2 atom stereocenters. The van der Waals surface area contributed by atoms with Crippen LogP contribution in [0, 0.1) is 11.8 Å². The molecule has 1 amide bonds. The third kappa shape index (κ3) is 3.22. The number of rotatable bonds is 5. The minimum atomic E-state index is 0.0101. The van der Waals surface area contributed by atoms with Crippen LogP contribution in [-0.2, 0) is 9.53 Å². The lowest BCUT2D eigenvalue weighted by molar-refractivity contribution is -0.125. The summed E-state index contributed by atoms with van der Waals surface area (Å²) in [6.45, 7) is 5.73. The average molecular weight is 171 g/mol. The lowest BCUT2D eigenvalue weighted by Crippen LogP contribution is -2.29. The molecule has 1 saturated carbocycles. The van der Waals surface area contributed by atoms with Gasteiger partial charge in [-0.25, -0.2) is 0 Å². The summed E-state index contributed by atoms with van der Waals surface area (Å²) in [6, 6.07) is 0. The molecule has 0 spiro atoms. The number of ether oxygens (including phenoxy) is 1. The predicted octanol–water partition coefficient (Wildman–Crippen LogP) is 0.795. The number of amides is 1. The molecule has 70 valence electrons. The Morgan fingerprint density at radius 3 is 2.83 bits per heavy atom. The van der Waals surface area contributed by atoms with Crippen molar-refractivity contribution in [2.75, 3.05) is 19.8 Å². The molecule has 0 heterocycles. The van der Waals surface area contributed by atoms with Crippen LogP contribution in [0.1, 0.15) is 20.3 Å². The summed E-state index contributed by atoms with van der Waals surface area (Å²) in [5, 5.41) is 2.85. The number of carbonyl (C=O) groups is 1. The van der Waals surface area contributed by atoms with E-state index in [0.717, 1.165) is 18.4 Å². The molecule has 0 aliphatic heterocycles. The molecule has 3 heteroatoms. The zero-order valence-corrected chi connectivity index (χ0v) is 7.80. The maximum absolute atomic E-state index is 11.0. The first-order valence-electron chi connectivity index (χ1n) is 4.58. The Morgan fingerprint density at radius 2 is 2.33 bits per heavy atom. The van der Waals surface area contributed by atoms with Crippen LogP contribution in [0.25, 0.3) is 0 Å². The molecule has 0 radical (unpaired) electrons. The standard InChI is InChI=1S/C9H17NO2/c1-3-12-6-9(11)10-5-8-4-7(8)2/h7-8H,3-6H2,1-2H3,(H,10,11). The van der Waals surface area contributed by atoms with Crippen LogP contribution in [0.2, 0.25) is 0 Å². The Balaban J connectivity index is 1.95. The van der Waals surface area contributed by atoms with Gasteiger partial charge in [0, 0.05) is 13.2 Å². The van der Waals surface area contributed by atoms with E-state index in [0.29, 0.717) is 6.61 Å². The van der Waals surface area contributed by atoms with Gasteiger partial charge in [0.05, 0.1) is 0 Å². The monoisotopic (exact) mass is 171 g/mol. The average Bonchev–Trinajstić information content (AvgIpc) is 2.75. The quantitative estimate of drug-likeness (QED) is 0.664. The molecule has 1 N–H and O–H groups in total. The molecule has 0 bridgehead atoms. The Hall–Kier alpha value is -0.570. The van der Waals surface area contributed by atoms with E-state index < -0.39 is 0 Å². The van der Waals surface area contributed by atoms with Crippen molar-refractivity contribution in [3.8, 4) is 0 Å². The number of hydrogen-bond acceptors (Lipinski definition) is 2. The minimum absolute atomic E-state index is 0.0101. The minimum Gasteiger partial charge on any atom is -0.372 e. The Labute approximate surface area is 73.5 Å². The SMILES string of the molecule is CCOCC(=O)NCC1CC1C. The zero-order valence-electron chi connectivity index (χ0n) is 7.80. The fourth-order valence-corrected chi connectivity index (χ4v) is 1.17. The molecule has 1 aliphatic rings. The van der Waals surface area contributed by atoms with E-state index in [2.05, 4.69) is 12.2 Å². The first kappa shape index (κ1) is 9.52. The summed E-state index contributed by atoms with van der Waals surface area (Å²) in [4.78, 5) is 11.0. The molecule has 1 rings (SSSR count). The van der Waals surface area contributed by atoms with Crippen LogP contribution in [-0.4, -0.2) is 25.7 Å². The predicted molar refractivity (Wildman–Crippen MR) is 46.8 cm³/mol. The summed E-state index contributed by atoms with van der Waals surface area (Å²) in [5.74, 6) is 1.53. The smallest absolute Gasteiger partial charge is 0.246 e. The van der Waals surface area contributed by atoms with Gasteiger partial charge in [0.1, 0.15) is 6.61 Å². The van der Waals surface area contributed by atoms with Gasteiger partial charge in [0.25, 0.3) is 0 Å². The second kappa shape index (κ2) is 4.45. The van der Waals surface area contributed by atoms with E-state index in [1.165, 1.54) is 6.42 Å². The van der Waals surface area contributed by atoms with Gasteiger partial charge in [-0.05, 0) is 25.2 Å². The highest BCUT2D eigenvalue weighted by Gasteiger charge is 2.32. The van der Waals surface area contributed by atoms with E-state index in [9.17, 15) is 4.79 Å². The fourth-order valence-electron chi connectivity index (χ4n) is 1.17. The molecule has 1 fully saturated rings. The van der Waals surface area contributed by atoms with Gasteiger partial charge < -0.3 is 10.1 Å². The van der Waals surface area contributed by atoms with Crippen molar-refractivity contribution in [3.63, 3.8) is 0 Å². The van der Waals surface area contributed by atoms with Gasteiger partial charge in [0.2, 0.25) is 5.91 Å². The van der Waals surface area contributed by atoms with Crippen LogP contribution in [0.3, 0.4) is 0 Å². The summed E-state index contributed by atoms with van der Waals surface area (Å²) in [5.41, 5.74) is 0. The molecule has 1 aliphatic carbocycles. The maximum atomic E-state index is 11.0. The molecule has 12 heavy (non-hydrogen) atoms. The van der Waals surface area contributed by atoms with E-state index in [4.69, 9.17) is 4.74 Å².